The molecule has 0 spiro atoms. The van der Waals surface area contributed by atoms with Gasteiger partial charge in [0.25, 0.3) is 0 Å². The first-order valence-electron chi connectivity index (χ1n) is 11.2. The number of carbonyl (C=O) groups is 2. The standard InChI is InChI=1S/C28H29NO5/c1-32-23-14-15-24-22(16-23)17-28(26(30)33-2,27(31)34-3)25(24)29(18-20-10-6-4-7-11-20)19-21-12-8-5-9-13-21/h4-16,25H,17-19H2,1-3H3. The second-order valence-corrected chi connectivity index (χ2v) is 8.47. The number of fused-ring (bicyclic) bond motifs is 1. The van der Waals surface area contributed by atoms with E-state index in [1.807, 2.05) is 78.9 Å². The van der Waals surface area contributed by atoms with Crippen molar-refractivity contribution in [1.82, 2.24) is 4.90 Å². The predicted octanol–water partition coefficient (Wildman–Crippen LogP) is 4.33. The first-order valence-corrected chi connectivity index (χ1v) is 11.2. The number of methoxy groups -OCH3 is 3. The van der Waals surface area contributed by atoms with Gasteiger partial charge in [0.15, 0.2) is 5.41 Å². The van der Waals surface area contributed by atoms with E-state index < -0.39 is 23.4 Å². The molecular formula is C28H29NO5. The zero-order valence-corrected chi connectivity index (χ0v) is 19.7. The fraction of sp³-hybridized carbons (Fsp3) is 0.286. The molecule has 6 nitrogen and oxygen atoms in total. The number of carbonyl (C=O) groups excluding carboxylic acids is 2. The summed E-state index contributed by atoms with van der Waals surface area (Å²) in [5, 5.41) is 0. The summed E-state index contributed by atoms with van der Waals surface area (Å²) >= 11 is 0. The Kier molecular flexibility index (Phi) is 6.98. The second-order valence-electron chi connectivity index (χ2n) is 8.47. The van der Waals surface area contributed by atoms with Crippen molar-refractivity contribution in [2.45, 2.75) is 25.6 Å². The second kappa shape index (κ2) is 10.1. The summed E-state index contributed by atoms with van der Waals surface area (Å²) in [5.74, 6) is -0.544. The van der Waals surface area contributed by atoms with E-state index in [0.29, 0.717) is 18.8 Å². The van der Waals surface area contributed by atoms with Crippen LogP contribution in [-0.4, -0.2) is 38.2 Å². The number of nitrogens with zero attached hydrogens (tertiary/aromatic N) is 1. The van der Waals surface area contributed by atoms with Crippen LogP contribution in [0.2, 0.25) is 0 Å². The summed E-state index contributed by atoms with van der Waals surface area (Å²) in [4.78, 5) is 29.0. The van der Waals surface area contributed by atoms with E-state index >= 15 is 0 Å². The monoisotopic (exact) mass is 459 g/mol. The van der Waals surface area contributed by atoms with E-state index in [0.717, 1.165) is 22.3 Å². The smallest absolute Gasteiger partial charge is 0.325 e. The molecule has 1 aliphatic rings. The van der Waals surface area contributed by atoms with Crippen molar-refractivity contribution in [2.75, 3.05) is 21.3 Å². The summed E-state index contributed by atoms with van der Waals surface area (Å²) in [5.41, 5.74) is 2.37. The number of rotatable bonds is 8. The van der Waals surface area contributed by atoms with Crippen LogP contribution in [0.25, 0.3) is 0 Å². The molecule has 0 N–H and O–H groups in total. The Morgan fingerprint density at radius 2 is 1.35 bits per heavy atom. The molecule has 0 saturated heterocycles. The van der Waals surface area contributed by atoms with E-state index in [4.69, 9.17) is 14.2 Å². The Hall–Kier alpha value is -3.64. The van der Waals surface area contributed by atoms with E-state index in [1.54, 1.807) is 7.11 Å². The van der Waals surface area contributed by atoms with Gasteiger partial charge < -0.3 is 14.2 Å². The van der Waals surface area contributed by atoms with Gasteiger partial charge in [-0.25, -0.2) is 0 Å². The molecule has 1 aliphatic carbocycles. The normalized spacial score (nSPS) is 16.1. The number of ether oxygens (including phenoxy) is 3. The van der Waals surface area contributed by atoms with Crippen LogP contribution in [0.5, 0.6) is 5.75 Å². The lowest BCUT2D eigenvalue weighted by Gasteiger charge is -2.38. The Balaban J connectivity index is 1.90. The third-order valence-corrected chi connectivity index (χ3v) is 6.50. The van der Waals surface area contributed by atoms with Crippen molar-refractivity contribution in [2.24, 2.45) is 5.41 Å². The molecule has 0 fully saturated rings. The molecule has 1 atom stereocenters. The van der Waals surface area contributed by atoms with Crippen LogP contribution in [0.15, 0.2) is 78.9 Å². The molecule has 0 aromatic heterocycles. The van der Waals surface area contributed by atoms with Gasteiger partial charge in [0.05, 0.1) is 27.4 Å². The molecule has 1 unspecified atom stereocenters. The number of esters is 2. The first-order chi connectivity index (χ1) is 16.5. The Morgan fingerprint density at radius 1 is 0.824 bits per heavy atom. The fourth-order valence-electron chi connectivity index (χ4n) is 4.99. The van der Waals surface area contributed by atoms with Crippen LogP contribution in [-0.2, 0) is 38.6 Å². The molecule has 4 rings (SSSR count). The van der Waals surface area contributed by atoms with E-state index in [2.05, 4.69) is 4.90 Å². The zero-order chi connectivity index (χ0) is 24.1. The van der Waals surface area contributed by atoms with Gasteiger partial charge >= 0.3 is 11.9 Å². The van der Waals surface area contributed by atoms with Crippen molar-refractivity contribution >= 4 is 11.9 Å². The first kappa shape index (κ1) is 23.5. The summed E-state index contributed by atoms with van der Waals surface area (Å²) in [7, 11) is 4.22. The van der Waals surface area contributed by atoms with Gasteiger partial charge in [-0.15, -0.1) is 0 Å². The summed E-state index contributed by atoms with van der Waals surface area (Å²) < 4.78 is 15.9. The van der Waals surface area contributed by atoms with Gasteiger partial charge in [-0.2, -0.15) is 0 Å². The SMILES string of the molecule is COC(=O)C1(C(=O)OC)Cc2cc(OC)ccc2C1N(Cc1ccccc1)Cc1ccccc1. The minimum Gasteiger partial charge on any atom is -0.497 e. The lowest BCUT2D eigenvalue weighted by Crippen LogP contribution is -2.50. The van der Waals surface area contributed by atoms with Crippen molar-refractivity contribution in [1.29, 1.82) is 0 Å². The number of hydrogen-bond acceptors (Lipinski definition) is 6. The van der Waals surface area contributed by atoms with Gasteiger partial charge in [0.2, 0.25) is 0 Å². The highest BCUT2D eigenvalue weighted by molar-refractivity contribution is 6.02. The highest BCUT2D eigenvalue weighted by Crippen LogP contribution is 2.52. The average Bonchev–Trinajstić information content (AvgIpc) is 3.23. The molecule has 34 heavy (non-hydrogen) atoms. The van der Waals surface area contributed by atoms with Gasteiger partial charge in [0.1, 0.15) is 5.75 Å². The van der Waals surface area contributed by atoms with Gasteiger partial charge in [-0.1, -0.05) is 66.7 Å². The van der Waals surface area contributed by atoms with Crippen LogP contribution in [0.4, 0.5) is 0 Å². The van der Waals surface area contributed by atoms with Gasteiger partial charge in [0, 0.05) is 19.5 Å². The maximum Gasteiger partial charge on any atom is 0.325 e. The van der Waals surface area contributed by atoms with Gasteiger partial charge in [-0.3, -0.25) is 14.5 Å². The largest absolute Gasteiger partial charge is 0.497 e. The van der Waals surface area contributed by atoms with Crippen LogP contribution >= 0.6 is 0 Å². The van der Waals surface area contributed by atoms with Crippen LogP contribution in [0.1, 0.15) is 28.3 Å². The van der Waals surface area contributed by atoms with Crippen molar-refractivity contribution in [3.8, 4) is 5.75 Å². The molecule has 176 valence electrons. The zero-order valence-electron chi connectivity index (χ0n) is 19.7. The molecule has 0 radical (unpaired) electrons. The molecule has 0 bridgehead atoms. The summed E-state index contributed by atoms with van der Waals surface area (Å²) in [6, 6.07) is 25.1. The average molecular weight is 460 g/mol. The molecule has 0 amide bonds. The predicted molar refractivity (Wildman–Crippen MR) is 128 cm³/mol. The fourth-order valence-corrected chi connectivity index (χ4v) is 4.99. The Labute approximate surface area is 200 Å². The molecular weight excluding hydrogens is 430 g/mol. The highest BCUT2D eigenvalue weighted by atomic mass is 16.5. The van der Waals surface area contributed by atoms with Crippen molar-refractivity contribution in [3.63, 3.8) is 0 Å². The maximum atomic E-state index is 13.4. The van der Waals surface area contributed by atoms with Crippen LogP contribution in [0, 0.1) is 5.41 Å². The summed E-state index contributed by atoms with van der Waals surface area (Å²) in [6.45, 7) is 1.06. The van der Waals surface area contributed by atoms with E-state index in [-0.39, 0.29) is 6.42 Å². The minimum absolute atomic E-state index is 0.170. The van der Waals surface area contributed by atoms with Gasteiger partial charge in [-0.05, 0) is 34.4 Å². The van der Waals surface area contributed by atoms with E-state index in [9.17, 15) is 9.59 Å². The Bertz CT molecular complexity index is 1090. The number of benzene rings is 3. The minimum atomic E-state index is -1.54. The Morgan fingerprint density at radius 3 is 1.82 bits per heavy atom. The molecule has 3 aromatic carbocycles. The lowest BCUT2D eigenvalue weighted by atomic mass is 9.79. The van der Waals surface area contributed by atoms with Crippen LogP contribution < -0.4 is 4.74 Å². The molecule has 0 aliphatic heterocycles. The van der Waals surface area contributed by atoms with Crippen molar-refractivity contribution < 1.29 is 23.8 Å². The van der Waals surface area contributed by atoms with E-state index in [1.165, 1.54) is 14.2 Å². The number of hydrogen-bond donors (Lipinski definition) is 0. The third kappa shape index (κ3) is 4.29. The highest BCUT2D eigenvalue weighted by Gasteiger charge is 2.61. The summed E-state index contributed by atoms with van der Waals surface area (Å²) in [6.07, 6.45) is 0.170. The molecule has 0 heterocycles. The van der Waals surface area contributed by atoms with Crippen LogP contribution in [0.3, 0.4) is 0 Å². The maximum absolute atomic E-state index is 13.4. The van der Waals surface area contributed by atoms with Crippen molar-refractivity contribution in [3.05, 3.63) is 101 Å². The quantitative estimate of drug-likeness (QED) is 0.369. The lowest BCUT2D eigenvalue weighted by molar-refractivity contribution is -0.175. The third-order valence-electron chi connectivity index (χ3n) is 6.50. The molecule has 6 heteroatoms. The molecule has 0 saturated carbocycles. The molecule has 3 aromatic rings. The topological polar surface area (TPSA) is 65.1 Å².